The van der Waals surface area contributed by atoms with Crippen molar-refractivity contribution in [2.75, 3.05) is 27.2 Å². The molecule has 1 aliphatic rings. The van der Waals surface area contributed by atoms with Crippen molar-refractivity contribution in [3.05, 3.63) is 26.6 Å². The maximum atomic E-state index is 13.0. The average molecular weight is 362 g/mol. The Bertz CT molecular complexity index is 845. The van der Waals surface area contributed by atoms with Crippen molar-refractivity contribution in [2.24, 2.45) is 11.8 Å². The van der Waals surface area contributed by atoms with Gasteiger partial charge in [-0.3, -0.25) is 9.59 Å². The van der Waals surface area contributed by atoms with E-state index < -0.39 is 0 Å². The van der Waals surface area contributed by atoms with Crippen LogP contribution in [0.15, 0.2) is 4.79 Å². The Labute approximate surface area is 151 Å². The fraction of sp³-hybridized carbons (Fsp3) is 0.611. The lowest BCUT2D eigenvalue weighted by Crippen LogP contribution is -2.42. The van der Waals surface area contributed by atoms with Crippen LogP contribution in [0.1, 0.15) is 41.3 Å². The number of hydrogen-bond donors (Lipinski definition) is 1. The van der Waals surface area contributed by atoms with E-state index in [9.17, 15) is 9.59 Å². The molecule has 0 radical (unpaired) electrons. The number of rotatable bonds is 3. The molecule has 0 bridgehead atoms. The van der Waals surface area contributed by atoms with Gasteiger partial charge in [-0.1, -0.05) is 13.8 Å². The van der Waals surface area contributed by atoms with Gasteiger partial charge in [0.2, 0.25) is 0 Å². The lowest BCUT2D eigenvalue weighted by atomic mass is 9.92. The molecule has 3 rings (SSSR count). The van der Waals surface area contributed by atoms with Crippen molar-refractivity contribution < 1.29 is 4.79 Å². The van der Waals surface area contributed by atoms with Crippen LogP contribution in [0.4, 0.5) is 0 Å². The number of aryl methyl sites for hydroxylation is 1. The predicted molar refractivity (Wildman–Crippen MR) is 101 cm³/mol. The van der Waals surface area contributed by atoms with Gasteiger partial charge >= 0.3 is 0 Å². The number of carbonyl (C=O) groups is 1. The quantitative estimate of drug-likeness (QED) is 0.911. The van der Waals surface area contributed by atoms with Gasteiger partial charge in [-0.2, -0.15) is 0 Å². The average Bonchev–Trinajstić information content (AvgIpc) is 2.82. The van der Waals surface area contributed by atoms with Gasteiger partial charge in [-0.15, -0.1) is 11.3 Å². The molecule has 0 aliphatic carbocycles. The van der Waals surface area contributed by atoms with Crippen LogP contribution in [0.5, 0.6) is 0 Å². The molecule has 25 heavy (non-hydrogen) atoms. The summed E-state index contributed by atoms with van der Waals surface area (Å²) >= 11 is 1.34. The first-order valence-electron chi connectivity index (χ1n) is 8.72. The molecule has 2 aromatic heterocycles. The monoisotopic (exact) mass is 362 g/mol. The number of hydrogen-bond acceptors (Lipinski definition) is 5. The van der Waals surface area contributed by atoms with Gasteiger partial charge in [-0.05, 0) is 44.8 Å². The third kappa shape index (κ3) is 3.62. The summed E-state index contributed by atoms with van der Waals surface area (Å²) in [5.74, 6) is 1.68. The Morgan fingerprint density at radius 3 is 2.56 bits per heavy atom. The number of nitrogens with zero attached hydrogens (tertiary/aromatic N) is 3. The van der Waals surface area contributed by atoms with Crippen LogP contribution in [-0.2, 0) is 6.54 Å². The van der Waals surface area contributed by atoms with Crippen molar-refractivity contribution in [2.45, 2.75) is 33.7 Å². The normalized spacial score (nSPS) is 21.3. The summed E-state index contributed by atoms with van der Waals surface area (Å²) in [5, 5.41) is 0.550. The smallest absolute Gasteiger partial charge is 0.264 e. The molecule has 2 unspecified atom stereocenters. The number of thiophene rings is 1. The number of carbonyl (C=O) groups excluding carboxylic acids is 1. The van der Waals surface area contributed by atoms with Crippen molar-refractivity contribution in [1.82, 2.24) is 19.8 Å². The summed E-state index contributed by atoms with van der Waals surface area (Å²) in [6, 6.07) is 0. The van der Waals surface area contributed by atoms with Crippen LogP contribution in [0, 0.1) is 18.8 Å². The second-order valence-electron chi connectivity index (χ2n) is 7.64. The van der Waals surface area contributed by atoms with Crippen molar-refractivity contribution in [3.8, 4) is 0 Å². The lowest BCUT2D eigenvalue weighted by molar-refractivity contribution is 0.0627. The second kappa shape index (κ2) is 6.88. The van der Waals surface area contributed by atoms with Gasteiger partial charge < -0.3 is 14.8 Å². The highest BCUT2D eigenvalue weighted by atomic mass is 32.1. The molecule has 6 nitrogen and oxygen atoms in total. The molecule has 0 spiro atoms. The summed E-state index contributed by atoms with van der Waals surface area (Å²) in [6.07, 6.45) is 1.16. The van der Waals surface area contributed by atoms with E-state index in [1.54, 1.807) is 0 Å². The zero-order chi connectivity index (χ0) is 18.3. The highest BCUT2D eigenvalue weighted by molar-refractivity contribution is 7.20. The minimum absolute atomic E-state index is 0.0347. The Morgan fingerprint density at radius 2 is 1.96 bits per heavy atom. The number of amides is 1. The molecule has 1 aliphatic heterocycles. The number of nitrogens with one attached hydrogen (secondary N) is 1. The Morgan fingerprint density at radius 1 is 1.32 bits per heavy atom. The largest absolute Gasteiger partial charge is 0.337 e. The maximum Gasteiger partial charge on any atom is 0.264 e. The predicted octanol–water partition coefficient (Wildman–Crippen LogP) is 2.47. The molecule has 2 atom stereocenters. The summed E-state index contributed by atoms with van der Waals surface area (Å²) in [7, 11) is 3.86. The van der Waals surface area contributed by atoms with E-state index in [1.807, 2.05) is 30.8 Å². The van der Waals surface area contributed by atoms with Crippen molar-refractivity contribution in [3.63, 3.8) is 0 Å². The SMILES string of the molecule is Cc1c(C(=O)N2CC(C)CC(C)C2)sc2nc(CN(C)C)[nH]c(=O)c12. The van der Waals surface area contributed by atoms with E-state index in [4.69, 9.17) is 0 Å². The summed E-state index contributed by atoms with van der Waals surface area (Å²) < 4.78 is 0. The zero-order valence-corrected chi connectivity index (χ0v) is 16.4. The first-order chi connectivity index (χ1) is 11.8. The number of H-pyrrole nitrogens is 1. The van der Waals surface area contributed by atoms with E-state index >= 15 is 0 Å². The van der Waals surface area contributed by atoms with Gasteiger partial charge in [0.15, 0.2) is 0 Å². The standard InChI is InChI=1S/C18H26N4O2S/c1-10-6-11(2)8-22(7-10)18(24)15-12(3)14-16(23)19-13(9-21(4)5)20-17(14)25-15/h10-11H,6-9H2,1-5H3,(H,19,20,23). The van der Waals surface area contributed by atoms with Gasteiger partial charge in [0.25, 0.3) is 11.5 Å². The van der Waals surface area contributed by atoms with Crippen LogP contribution >= 0.6 is 11.3 Å². The van der Waals surface area contributed by atoms with Crippen LogP contribution in [0.3, 0.4) is 0 Å². The van der Waals surface area contributed by atoms with Crippen LogP contribution in [-0.4, -0.2) is 52.9 Å². The summed E-state index contributed by atoms with van der Waals surface area (Å²) in [4.78, 5) is 38.1. The number of fused-ring (bicyclic) bond motifs is 1. The van der Waals surface area contributed by atoms with E-state index in [2.05, 4.69) is 23.8 Å². The van der Waals surface area contributed by atoms with E-state index in [-0.39, 0.29) is 11.5 Å². The molecule has 2 aromatic rings. The molecule has 3 heterocycles. The van der Waals surface area contributed by atoms with Crippen molar-refractivity contribution in [1.29, 1.82) is 0 Å². The molecule has 136 valence electrons. The van der Waals surface area contributed by atoms with E-state index in [0.717, 1.165) is 25.1 Å². The fourth-order valence-electron chi connectivity index (χ4n) is 3.74. The Balaban J connectivity index is 1.99. The highest BCUT2D eigenvalue weighted by Crippen LogP contribution is 2.30. The minimum Gasteiger partial charge on any atom is -0.337 e. The number of aromatic nitrogens is 2. The van der Waals surface area contributed by atoms with Crippen LogP contribution in [0.25, 0.3) is 10.2 Å². The third-order valence-electron chi connectivity index (χ3n) is 4.67. The first kappa shape index (κ1) is 18.1. The number of aromatic amines is 1. The molecule has 1 amide bonds. The van der Waals surface area contributed by atoms with E-state index in [1.165, 1.54) is 11.3 Å². The van der Waals surface area contributed by atoms with Crippen LogP contribution in [0.2, 0.25) is 0 Å². The lowest BCUT2D eigenvalue weighted by Gasteiger charge is -2.34. The fourth-order valence-corrected chi connectivity index (χ4v) is 4.91. The molecular formula is C18H26N4O2S. The van der Waals surface area contributed by atoms with Gasteiger partial charge in [0.05, 0.1) is 16.8 Å². The molecule has 1 saturated heterocycles. The zero-order valence-electron chi connectivity index (χ0n) is 15.5. The Kier molecular flexibility index (Phi) is 4.97. The molecule has 0 saturated carbocycles. The number of likely N-dealkylation sites (tertiary alicyclic amines) is 1. The van der Waals surface area contributed by atoms with Gasteiger partial charge in [0.1, 0.15) is 10.7 Å². The molecule has 7 heteroatoms. The highest BCUT2D eigenvalue weighted by Gasteiger charge is 2.29. The number of piperidine rings is 1. The molecule has 1 fully saturated rings. The first-order valence-corrected chi connectivity index (χ1v) is 9.54. The van der Waals surface area contributed by atoms with Gasteiger partial charge in [-0.25, -0.2) is 4.98 Å². The maximum absolute atomic E-state index is 13.0. The summed E-state index contributed by atoms with van der Waals surface area (Å²) in [5.41, 5.74) is 0.594. The van der Waals surface area contributed by atoms with Crippen molar-refractivity contribution >= 4 is 27.5 Å². The topological polar surface area (TPSA) is 69.3 Å². The Hall–Kier alpha value is -1.73. The summed E-state index contributed by atoms with van der Waals surface area (Å²) in [6.45, 7) is 8.36. The van der Waals surface area contributed by atoms with E-state index in [0.29, 0.717) is 39.3 Å². The third-order valence-corrected chi connectivity index (χ3v) is 5.84. The van der Waals surface area contributed by atoms with Crippen LogP contribution < -0.4 is 5.56 Å². The molecule has 1 N–H and O–H groups in total. The minimum atomic E-state index is -0.157. The van der Waals surface area contributed by atoms with Gasteiger partial charge in [0, 0.05) is 13.1 Å². The molecule has 0 aromatic carbocycles. The second-order valence-corrected chi connectivity index (χ2v) is 8.64. The molecular weight excluding hydrogens is 336 g/mol.